The lowest BCUT2D eigenvalue weighted by atomic mass is 10.1. The molecule has 118 valence electrons. The van der Waals surface area contributed by atoms with E-state index >= 15 is 0 Å². The van der Waals surface area contributed by atoms with Crippen LogP contribution >= 0.6 is 11.3 Å². The first-order chi connectivity index (χ1) is 10.5. The molecular formula is C16H20N2O3S. The SMILES string of the molecule is COc1ccc(CNC(=O)NCC(C)(O)c2cccs2)cc1. The standard InChI is InChI=1S/C16H20N2O3S/c1-16(20,14-4-3-9-22-14)11-18-15(19)17-10-12-5-7-13(21-2)8-6-12/h3-9,20H,10-11H2,1-2H3,(H2,17,18,19). The van der Waals surface area contributed by atoms with Crippen LogP contribution < -0.4 is 15.4 Å². The molecule has 5 nitrogen and oxygen atoms in total. The summed E-state index contributed by atoms with van der Waals surface area (Å²) in [4.78, 5) is 12.6. The summed E-state index contributed by atoms with van der Waals surface area (Å²) in [7, 11) is 1.61. The third-order valence-corrected chi connectivity index (χ3v) is 4.38. The van der Waals surface area contributed by atoms with Crippen molar-refractivity contribution in [3.05, 3.63) is 52.2 Å². The van der Waals surface area contributed by atoms with Gasteiger partial charge in [-0.15, -0.1) is 11.3 Å². The Kier molecular flexibility index (Phi) is 5.41. The minimum Gasteiger partial charge on any atom is -0.497 e. The van der Waals surface area contributed by atoms with Gasteiger partial charge in [-0.1, -0.05) is 18.2 Å². The van der Waals surface area contributed by atoms with Gasteiger partial charge in [-0.2, -0.15) is 0 Å². The Morgan fingerprint density at radius 3 is 2.59 bits per heavy atom. The molecule has 0 saturated heterocycles. The molecule has 0 bridgehead atoms. The minimum atomic E-state index is -1.06. The van der Waals surface area contributed by atoms with Crippen LogP contribution in [0.4, 0.5) is 4.79 Å². The minimum absolute atomic E-state index is 0.155. The molecule has 0 saturated carbocycles. The van der Waals surface area contributed by atoms with Crippen LogP contribution in [0.15, 0.2) is 41.8 Å². The van der Waals surface area contributed by atoms with Crippen LogP contribution in [0.1, 0.15) is 17.4 Å². The number of hydrogen-bond donors (Lipinski definition) is 3. The van der Waals surface area contributed by atoms with Crippen molar-refractivity contribution in [1.82, 2.24) is 10.6 Å². The van der Waals surface area contributed by atoms with Gasteiger partial charge in [0.15, 0.2) is 0 Å². The number of carbonyl (C=O) groups excluding carboxylic acids is 1. The number of nitrogens with one attached hydrogen (secondary N) is 2. The molecule has 0 spiro atoms. The number of ether oxygens (including phenoxy) is 1. The highest BCUT2D eigenvalue weighted by molar-refractivity contribution is 7.10. The van der Waals surface area contributed by atoms with Gasteiger partial charge >= 0.3 is 6.03 Å². The van der Waals surface area contributed by atoms with Crippen LogP contribution in [0.25, 0.3) is 0 Å². The van der Waals surface area contributed by atoms with Gasteiger partial charge in [0.05, 0.1) is 13.7 Å². The normalized spacial score (nSPS) is 13.2. The summed E-state index contributed by atoms with van der Waals surface area (Å²) >= 11 is 1.46. The highest BCUT2D eigenvalue weighted by Gasteiger charge is 2.24. The van der Waals surface area contributed by atoms with Gasteiger partial charge in [0, 0.05) is 11.4 Å². The molecule has 3 N–H and O–H groups in total. The number of thiophene rings is 1. The van der Waals surface area contributed by atoms with Crippen LogP contribution in [0.2, 0.25) is 0 Å². The van der Waals surface area contributed by atoms with Gasteiger partial charge in [-0.25, -0.2) is 4.79 Å². The molecule has 6 heteroatoms. The molecule has 2 aromatic rings. The Balaban J connectivity index is 1.78. The monoisotopic (exact) mass is 320 g/mol. The van der Waals surface area contributed by atoms with E-state index in [0.29, 0.717) is 6.54 Å². The lowest BCUT2D eigenvalue weighted by Gasteiger charge is -2.22. The number of methoxy groups -OCH3 is 1. The molecule has 1 aromatic carbocycles. The van der Waals surface area contributed by atoms with Crippen molar-refractivity contribution in [3.8, 4) is 5.75 Å². The largest absolute Gasteiger partial charge is 0.497 e. The number of urea groups is 1. The van der Waals surface area contributed by atoms with Gasteiger partial charge in [-0.05, 0) is 36.1 Å². The fourth-order valence-corrected chi connectivity index (χ4v) is 2.70. The average Bonchev–Trinajstić information content (AvgIpc) is 3.07. The fraction of sp³-hybridized carbons (Fsp3) is 0.312. The molecule has 1 aromatic heterocycles. The smallest absolute Gasteiger partial charge is 0.315 e. The second-order valence-corrected chi connectivity index (χ2v) is 6.08. The Morgan fingerprint density at radius 1 is 1.27 bits per heavy atom. The molecule has 2 amide bonds. The Labute approximate surface area is 133 Å². The molecule has 1 atom stereocenters. The van der Waals surface area contributed by atoms with Gasteiger partial charge in [-0.3, -0.25) is 0 Å². The number of benzene rings is 1. The van der Waals surface area contributed by atoms with E-state index in [9.17, 15) is 9.90 Å². The summed E-state index contributed by atoms with van der Waals surface area (Å²) in [5.41, 5.74) is -0.0908. The van der Waals surface area contributed by atoms with E-state index in [4.69, 9.17) is 4.74 Å². The van der Waals surface area contributed by atoms with Crippen LogP contribution in [-0.4, -0.2) is 24.8 Å². The van der Waals surface area contributed by atoms with Crippen molar-refractivity contribution in [2.24, 2.45) is 0 Å². The summed E-state index contributed by atoms with van der Waals surface area (Å²) in [5, 5.41) is 17.7. The molecule has 0 aliphatic heterocycles. The van der Waals surface area contributed by atoms with Gasteiger partial charge in [0.25, 0.3) is 0 Å². The molecule has 1 heterocycles. The van der Waals surface area contributed by atoms with Crippen LogP contribution in [0.5, 0.6) is 5.75 Å². The first kappa shape index (κ1) is 16.3. The molecule has 2 rings (SSSR count). The zero-order chi connectivity index (χ0) is 16.0. The Bertz CT molecular complexity index is 594. The highest BCUT2D eigenvalue weighted by atomic mass is 32.1. The molecule has 22 heavy (non-hydrogen) atoms. The van der Waals surface area contributed by atoms with Crippen molar-refractivity contribution in [2.75, 3.05) is 13.7 Å². The zero-order valence-corrected chi connectivity index (χ0v) is 13.4. The first-order valence-corrected chi connectivity index (χ1v) is 7.80. The van der Waals surface area contributed by atoms with Crippen LogP contribution in [-0.2, 0) is 12.1 Å². The Morgan fingerprint density at radius 2 is 2.00 bits per heavy atom. The maximum atomic E-state index is 11.8. The Hall–Kier alpha value is -2.05. The lowest BCUT2D eigenvalue weighted by Crippen LogP contribution is -2.42. The molecule has 0 aliphatic carbocycles. The van der Waals surface area contributed by atoms with Crippen LogP contribution in [0.3, 0.4) is 0 Å². The molecular weight excluding hydrogens is 300 g/mol. The van der Waals surface area contributed by atoms with E-state index < -0.39 is 5.60 Å². The van der Waals surface area contributed by atoms with E-state index in [1.165, 1.54) is 11.3 Å². The van der Waals surface area contributed by atoms with Crippen LogP contribution in [0, 0.1) is 0 Å². The topological polar surface area (TPSA) is 70.6 Å². The number of aliphatic hydroxyl groups is 1. The maximum absolute atomic E-state index is 11.8. The van der Waals surface area contributed by atoms with Gasteiger partial charge in [0.2, 0.25) is 0 Å². The maximum Gasteiger partial charge on any atom is 0.315 e. The first-order valence-electron chi connectivity index (χ1n) is 6.92. The molecule has 1 unspecified atom stereocenters. The van der Waals surface area contributed by atoms with Crippen molar-refractivity contribution in [1.29, 1.82) is 0 Å². The zero-order valence-electron chi connectivity index (χ0n) is 12.6. The number of amides is 2. The van der Waals surface area contributed by atoms with E-state index in [-0.39, 0.29) is 12.6 Å². The van der Waals surface area contributed by atoms with Crippen molar-refractivity contribution in [2.45, 2.75) is 19.1 Å². The molecule has 0 aliphatic rings. The number of rotatable bonds is 6. The molecule has 0 radical (unpaired) electrons. The van der Waals surface area contributed by atoms with Crippen molar-refractivity contribution in [3.63, 3.8) is 0 Å². The predicted molar refractivity (Wildman–Crippen MR) is 87.1 cm³/mol. The molecule has 0 fully saturated rings. The van der Waals surface area contributed by atoms with Crippen molar-refractivity contribution < 1.29 is 14.6 Å². The summed E-state index contributed by atoms with van der Waals surface area (Å²) in [6.45, 7) is 2.25. The third kappa shape index (κ3) is 4.47. The quantitative estimate of drug-likeness (QED) is 0.766. The summed E-state index contributed by atoms with van der Waals surface area (Å²) in [6, 6.07) is 10.9. The third-order valence-electron chi connectivity index (χ3n) is 3.26. The fourth-order valence-electron chi connectivity index (χ4n) is 1.91. The highest BCUT2D eigenvalue weighted by Crippen LogP contribution is 2.24. The summed E-state index contributed by atoms with van der Waals surface area (Å²) < 4.78 is 5.08. The lowest BCUT2D eigenvalue weighted by molar-refractivity contribution is 0.0631. The predicted octanol–water partition coefficient (Wildman–Crippen LogP) is 2.46. The second-order valence-electron chi connectivity index (χ2n) is 5.14. The van der Waals surface area contributed by atoms with E-state index in [0.717, 1.165) is 16.2 Å². The van der Waals surface area contributed by atoms with Gasteiger partial charge in [0.1, 0.15) is 11.4 Å². The number of hydrogen-bond acceptors (Lipinski definition) is 4. The van der Waals surface area contributed by atoms with E-state index in [1.807, 2.05) is 41.8 Å². The van der Waals surface area contributed by atoms with Gasteiger partial charge < -0.3 is 20.5 Å². The summed E-state index contributed by atoms with van der Waals surface area (Å²) in [5.74, 6) is 0.778. The second kappa shape index (κ2) is 7.29. The van der Waals surface area contributed by atoms with Crippen molar-refractivity contribution >= 4 is 17.4 Å². The number of carbonyl (C=O) groups is 1. The van der Waals surface area contributed by atoms with E-state index in [2.05, 4.69) is 10.6 Å². The average molecular weight is 320 g/mol. The summed E-state index contributed by atoms with van der Waals surface area (Å²) in [6.07, 6.45) is 0. The van der Waals surface area contributed by atoms with E-state index in [1.54, 1.807) is 14.0 Å².